The van der Waals surface area contributed by atoms with Gasteiger partial charge in [-0.15, -0.1) is 0 Å². The molecule has 0 unspecified atom stereocenters. The number of hydrogen-bond acceptors (Lipinski definition) is 0. The van der Waals surface area contributed by atoms with E-state index >= 15 is 0 Å². The Morgan fingerprint density at radius 3 is 2.23 bits per heavy atom. The monoisotopic (exact) mass is 288 g/mol. The van der Waals surface area contributed by atoms with E-state index in [-0.39, 0.29) is 0 Å². The SMILES string of the molecule is C=c1cccc/c1=C(C)/C=C(C)/C(=C/C)c1ccccc1C. The van der Waals surface area contributed by atoms with Crippen LogP contribution in [0.15, 0.2) is 66.3 Å². The predicted molar refractivity (Wildman–Crippen MR) is 98.9 cm³/mol. The second kappa shape index (κ2) is 7.09. The van der Waals surface area contributed by atoms with Gasteiger partial charge in [0.2, 0.25) is 0 Å². The highest BCUT2D eigenvalue weighted by molar-refractivity contribution is 5.82. The predicted octanol–water partition coefficient (Wildman–Crippen LogP) is 4.63. The number of aryl methyl sites for hydroxylation is 1. The summed E-state index contributed by atoms with van der Waals surface area (Å²) in [4.78, 5) is 0. The summed E-state index contributed by atoms with van der Waals surface area (Å²) in [6.07, 6.45) is 4.45. The molecule has 0 aliphatic rings. The van der Waals surface area contributed by atoms with E-state index in [1.54, 1.807) is 0 Å². The molecule has 0 aliphatic carbocycles. The lowest BCUT2D eigenvalue weighted by atomic mass is 9.93. The zero-order chi connectivity index (χ0) is 16.1. The van der Waals surface area contributed by atoms with Gasteiger partial charge < -0.3 is 0 Å². The van der Waals surface area contributed by atoms with Crippen molar-refractivity contribution >= 4 is 17.7 Å². The second-order valence-corrected chi connectivity index (χ2v) is 5.68. The van der Waals surface area contributed by atoms with Gasteiger partial charge in [0.05, 0.1) is 0 Å². The number of benzene rings is 2. The molecule has 0 nitrogen and oxygen atoms in total. The Morgan fingerprint density at radius 2 is 1.59 bits per heavy atom. The van der Waals surface area contributed by atoms with Crippen molar-refractivity contribution in [3.63, 3.8) is 0 Å². The molecule has 0 heterocycles. The summed E-state index contributed by atoms with van der Waals surface area (Å²) in [5, 5.41) is 2.28. The van der Waals surface area contributed by atoms with Gasteiger partial charge in [0.1, 0.15) is 0 Å². The molecule has 0 aromatic heterocycles. The summed E-state index contributed by atoms with van der Waals surface area (Å²) in [5.41, 5.74) is 6.42. The minimum absolute atomic E-state index is 1.07. The van der Waals surface area contributed by atoms with Crippen LogP contribution in [0.3, 0.4) is 0 Å². The summed E-state index contributed by atoms with van der Waals surface area (Å²) in [6.45, 7) is 12.7. The molecule has 0 amide bonds. The van der Waals surface area contributed by atoms with Gasteiger partial charge in [0, 0.05) is 0 Å². The van der Waals surface area contributed by atoms with Gasteiger partial charge in [-0.05, 0) is 66.0 Å². The lowest BCUT2D eigenvalue weighted by molar-refractivity contribution is 1.38. The fourth-order valence-electron chi connectivity index (χ4n) is 2.86. The average Bonchev–Trinajstić information content (AvgIpc) is 2.50. The maximum Gasteiger partial charge on any atom is -0.0155 e. The van der Waals surface area contributed by atoms with E-state index in [1.165, 1.54) is 33.1 Å². The van der Waals surface area contributed by atoms with E-state index in [9.17, 15) is 0 Å². The van der Waals surface area contributed by atoms with Crippen molar-refractivity contribution in [2.45, 2.75) is 27.7 Å². The third-order valence-corrected chi connectivity index (χ3v) is 4.02. The lowest BCUT2D eigenvalue weighted by Gasteiger charge is -2.11. The standard InChI is InChI=1S/C22H24/c1-6-20(22-14-10-8-12-17(22)3)18(4)15-19(5)21-13-9-7-11-16(21)2/h6-15H,2H2,1,3-5H3/b18-15+,20-6-,21-19-. The average molecular weight is 288 g/mol. The van der Waals surface area contributed by atoms with Crippen molar-refractivity contribution in [3.8, 4) is 0 Å². The van der Waals surface area contributed by atoms with Gasteiger partial charge >= 0.3 is 0 Å². The normalized spacial score (nSPS) is 14.0. The summed E-state index contributed by atoms with van der Waals surface area (Å²) >= 11 is 0. The van der Waals surface area contributed by atoms with Crippen molar-refractivity contribution in [3.05, 3.63) is 87.8 Å². The fourth-order valence-corrected chi connectivity index (χ4v) is 2.86. The molecule has 0 aliphatic heterocycles. The zero-order valence-electron chi connectivity index (χ0n) is 14.0. The first-order chi connectivity index (χ1) is 10.5. The molecule has 0 atom stereocenters. The van der Waals surface area contributed by atoms with Crippen LogP contribution in [0.2, 0.25) is 0 Å². The summed E-state index contributed by atoms with van der Waals surface area (Å²) in [6, 6.07) is 16.8. The summed E-state index contributed by atoms with van der Waals surface area (Å²) in [7, 11) is 0. The van der Waals surface area contributed by atoms with Crippen LogP contribution in [0, 0.1) is 6.92 Å². The van der Waals surface area contributed by atoms with Crippen molar-refractivity contribution in [1.29, 1.82) is 0 Å². The van der Waals surface area contributed by atoms with Gasteiger partial charge in [0.15, 0.2) is 0 Å². The molecule has 0 saturated carbocycles. The molecule has 0 heteroatoms. The van der Waals surface area contributed by atoms with Crippen LogP contribution in [0.5, 0.6) is 0 Å². The van der Waals surface area contributed by atoms with Crippen molar-refractivity contribution in [1.82, 2.24) is 0 Å². The molecule has 0 radical (unpaired) electrons. The summed E-state index contributed by atoms with van der Waals surface area (Å²) in [5.74, 6) is 0. The van der Waals surface area contributed by atoms with E-state index in [2.05, 4.69) is 88.9 Å². The Bertz CT molecular complexity index is 832. The molecular formula is C22H24. The minimum atomic E-state index is 1.07. The first-order valence-corrected chi connectivity index (χ1v) is 7.70. The third kappa shape index (κ3) is 3.46. The van der Waals surface area contributed by atoms with E-state index in [0.29, 0.717) is 0 Å². The van der Waals surface area contributed by atoms with Gasteiger partial charge in [-0.1, -0.05) is 67.3 Å². The van der Waals surface area contributed by atoms with Crippen LogP contribution in [-0.4, -0.2) is 0 Å². The molecule has 2 aromatic rings. The van der Waals surface area contributed by atoms with Crippen LogP contribution in [0.25, 0.3) is 17.7 Å². The maximum atomic E-state index is 4.12. The molecule has 0 saturated heterocycles. The number of allylic oxidation sites excluding steroid dienone is 4. The van der Waals surface area contributed by atoms with Crippen LogP contribution < -0.4 is 10.4 Å². The first-order valence-electron chi connectivity index (χ1n) is 7.70. The molecule has 0 spiro atoms. The molecular weight excluding hydrogens is 264 g/mol. The minimum Gasteiger partial charge on any atom is -0.0912 e. The largest absolute Gasteiger partial charge is 0.0912 e. The van der Waals surface area contributed by atoms with Crippen LogP contribution >= 0.6 is 0 Å². The molecule has 22 heavy (non-hydrogen) atoms. The number of rotatable bonds is 3. The number of hydrogen-bond donors (Lipinski definition) is 0. The lowest BCUT2D eigenvalue weighted by Crippen LogP contribution is -2.23. The Labute approximate surface area is 133 Å². The summed E-state index contributed by atoms with van der Waals surface area (Å²) < 4.78 is 0. The maximum absolute atomic E-state index is 4.12. The highest BCUT2D eigenvalue weighted by atomic mass is 14.1. The molecule has 112 valence electrons. The van der Waals surface area contributed by atoms with Crippen LogP contribution in [0.1, 0.15) is 31.9 Å². The molecule has 0 N–H and O–H groups in total. The van der Waals surface area contributed by atoms with Crippen molar-refractivity contribution < 1.29 is 0 Å². The van der Waals surface area contributed by atoms with Crippen LogP contribution in [-0.2, 0) is 0 Å². The third-order valence-electron chi connectivity index (χ3n) is 4.02. The molecule has 0 fully saturated rings. The second-order valence-electron chi connectivity index (χ2n) is 5.68. The van der Waals surface area contributed by atoms with Gasteiger partial charge in [0.25, 0.3) is 0 Å². The Balaban J connectivity index is 2.53. The quantitative estimate of drug-likeness (QED) is 0.723. The Kier molecular flexibility index (Phi) is 5.16. The van der Waals surface area contributed by atoms with E-state index < -0.39 is 0 Å². The highest BCUT2D eigenvalue weighted by Crippen LogP contribution is 2.26. The topological polar surface area (TPSA) is 0 Å². The molecule has 2 rings (SSSR count). The van der Waals surface area contributed by atoms with Crippen molar-refractivity contribution in [2.75, 3.05) is 0 Å². The Hall–Kier alpha value is -2.34. The van der Waals surface area contributed by atoms with Gasteiger partial charge in [-0.25, -0.2) is 0 Å². The van der Waals surface area contributed by atoms with E-state index in [4.69, 9.17) is 0 Å². The van der Waals surface area contributed by atoms with E-state index in [1.807, 2.05) is 6.07 Å². The smallest absolute Gasteiger partial charge is 0.0155 e. The van der Waals surface area contributed by atoms with Gasteiger partial charge in [-0.3, -0.25) is 0 Å². The van der Waals surface area contributed by atoms with Crippen LogP contribution in [0.4, 0.5) is 0 Å². The highest BCUT2D eigenvalue weighted by Gasteiger charge is 2.05. The zero-order valence-corrected chi connectivity index (χ0v) is 14.0. The molecule has 0 bridgehead atoms. The first kappa shape index (κ1) is 16.0. The Morgan fingerprint density at radius 1 is 0.955 bits per heavy atom. The van der Waals surface area contributed by atoms with Crippen molar-refractivity contribution in [2.24, 2.45) is 0 Å². The fraction of sp³-hybridized carbons (Fsp3) is 0.182. The molecule has 2 aromatic carbocycles. The van der Waals surface area contributed by atoms with Gasteiger partial charge in [-0.2, -0.15) is 0 Å². The van der Waals surface area contributed by atoms with E-state index in [0.717, 1.165) is 5.22 Å².